The molecule has 80 valence electrons. The van der Waals surface area contributed by atoms with Crippen molar-refractivity contribution in [2.75, 3.05) is 23.0 Å². The zero-order valence-electron chi connectivity index (χ0n) is 8.62. The molecule has 0 N–H and O–H groups in total. The molecule has 2 unspecified atom stereocenters. The van der Waals surface area contributed by atoms with E-state index >= 15 is 0 Å². The molecule has 2 atom stereocenters. The predicted molar refractivity (Wildman–Crippen MR) is 75.2 cm³/mol. The minimum absolute atomic E-state index is 0.867. The molecule has 2 aliphatic rings. The summed E-state index contributed by atoms with van der Waals surface area (Å²) in [4.78, 5) is 0. The van der Waals surface area contributed by atoms with E-state index < -0.39 is 0 Å². The van der Waals surface area contributed by atoms with E-state index in [9.17, 15) is 0 Å². The van der Waals surface area contributed by atoms with Crippen LogP contribution in [0.4, 0.5) is 0 Å². The Labute approximate surface area is 103 Å². The first-order valence-corrected chi connectivity index (χ1v) is 9.94. The molecular formula is C10H16S4. The Morgan fingerprint density at radius 1 is 1.00 bits per heavy atom. The van der Waals surface area contributed by atoms with Crippen LogP contribution < -0.4 is 0 Å². The lowest BCUT2D eigenvalue weighted by molar-refractivity contribution is 0.493. The van der Waals surface area contributed by atoms with Crippen LogP contribution in [-0.4, -0.2) is 23.0 Å². The molecule has 0 aromatic heterocycles. The summed E-state index contributed by atoms with van der Waals surface area (Å²) in [6, 6.07) is 0. The maximum Gasteiger partial charge on any atom is 0.0253 e. The van der Waals surface area contributed by atoms with Gasteiger partial charge in [-0.1, -0.05) is 61.2 Å². The molecule has 0 spiro atoms. The lowest BCUT2D eigenvalue weighted by Crippen LogP contribution is -2.24. The average molecular weight is 265 g/mol. The van der Waals surface area contributed by atoms with E-state index in [0.717, 1.165) is 11.8 Å². The lowest BCUT2D eigenvalue weighted by atomic mass is 9.88. The Hall–Kier alpha value is 1.14. The Balaban J connectivity index is 2.21. The van der Waals surface area contributed by atoms with E-state index in [2.05, 4.69) is 35.4 Å². The summed E-state index contributed by atoms with van der Waals surface area (Å²) < 4.78 is 0. The van der Waals surface area contributed by atoms with Gasteiger partial charge in [-0.15, -0.1) is 0 Å². The molecule has 0 aromatic carbocycles. The number of hydrogen-bond acceptors (Lipinski definition) is 4. The van der Waals surface area contributed by atoms with Crippen LogP contribution in [-0.2, 0) is 0 Å². The fourth-order valence-corrected chi connectivity index (χ4v) is 7.38. The van der Waals surface area contributed by atoms with Gasteiger partial charge in [0.25, 0.3) is 0 Å². The summed E-state index contributed by atoms with van der Waals surface area (Å²) in [5.41, 5.74) is 3.43. The third-order valence-electron chi connectivity index (χ3n) is 2.92. The van der Waals surface area contributed by atoms with E-state index in [4.69, 9.17) is 0 Å². The summed E-state index contributed by atoms with van der Waals surface area (Å²) in [7, 11) is 8.22. The number of fused-ring (bicyclic) bond motifs is 1. The summed E-state index contributed by atoms with van der Waals surface area (Å²) in [6.45, 7) is 4.76. The standard InChI is InChI=1S/C10H16S4/c1-7-3-11-12-4-8(2)10-6-14-13-5-9(7)10/h7,9H,3-6H2,1-2H3/b10-8-. The Morgan fingerprint density at radius 2 is 1.71 bits per heavy atom. The highest BCUT2D eigenvalue weighted by molar-refractivity contribution is 8.77. The Kier molecular flexibility index (Phi) is 4.53. The molecule has 0 nitrogen and oxygen atoms in total. The van der Waals surface area contributed by atoms with Crippen LogP contribution in [0.5, 0.6) is 0 Å². The van der Waals surface area contributed by atoms with Gasteiger partial charge in [0.2, 0.25) is 0 Å². The van der Waals surface area contributed by atoms with Crippen molar-refractivity contribution in [2.45, 2.75) is 13.8 Å². The van der Waals surface area contributed by atoms with Gasteiger partial charge in [0.05, 0.1) is 0 Å². The van der Waals surface area contributed by atoms with Gasteiger partial charge in [-0.25, -0.2) is 0 Å². The highest BCUT2D eigenvalue weighted by Gasteiger charge is 2.28. The molecule has 1 saturated heterocycles. The molecule has 2 aliphatic heterocycles. The molecule has 2 rings (SSSR count). The predicted octanol–water partition coefficient (Wildman–Crippen LogP) is 4.35. The fourth-order valence-electron chi connectivity index (χ4n) is 1.88. The van der Waals surface area contributed by atoms with Gasteiger partial charge in [0.1, 0.15) is 0 Å². The number of rotatable bonds is 0. The minimum atomic E-state index is 0.867. The van der Waals surface area contributed by atoms with Gasteiger partial charge >= 0.3 is 0 Å². The molecule has 2 heterocycles. The fraction of sp³-hybridized carbons (Fsp3) is 0.800. The van der Waals surface area contributed by atoms with Crippen LogP contribution in [0.25, 0.3) is 0 Å². The zero-order chi connectivity index (χ0) is 9.97. The van der Waals surface area contributed by atoms with Crippen LogP contribution in [0.2, 0.25) is 0 Å². The van der Waals surface area contributed by atoms with Crippen molar-refractivity contribution < 1.29 is 0 Å². The molecule has 0 bridgehead atoms. The maximum atomic E-state index is 2.42. The second kappa shape index (κ2) is 5.46. The van der Waals surface area contributed by atoms with Gasteiger partial charge < -0.3 is 0 Å². The molecular weight excluding hydrogens is 248 g/mol. The zero-order valence-corrected chi connectivity index (χ0v) is 11.9. The Bertz CT molecular complexity index is 236. The van der Waals surface area contributed by atoms with E-state index in [1.54, 1.807) is 11.1 Å². The Morgan fingerprint density at radius 3 is 2.57 bits per heavy atom. The quantitative estimate of drug-likeness (QED) is 0.471. The summed E-state index contributed by atoms with van der Waals surface area (Å²) in [5.74, 6) is 6.92. The van der Waals surface area contributed by atoms with E-state index in [-0.39, 0.29) is 0 Å². The monoisotopic (exact) mass is 264 g/mol. The van der Waals surface area contributed by atoms with Gasteiger partial charge in [-0.2, -0.15) is 0 Å². The van der Waals surface area contributed by atoms with Crippen LogP contribution in [0.15, 0.2) is 11.1 Å². The van der Waals surface area contributed by atoms with Crippen LogP contribution >= 0.6 is 43.2 Å². The second-order valence-electron chi connectivity index (χ2n) is 3.98. The maximum absolute atomic E-state index is 2.42. The third kappa shape index (κ3) is 2.63. The van der Waals surface area contributed by atoms with Gasteiger partial charge in [0, 0.05) is 23.0 Å². The summed E-state index contributed by atoms with van der Waals surface area (Å²) in [5, 5.41) is 0. The second-order valence-corrected chi connectivity index (χ2v) is 9.00. The molecule has 0 radical (unpaired) electrons. The van der Waals surface area contributed by atoms with Gasteiger partial charge in [0.15, 0.2) is 0 Å². The normalized spacial score (nSPS) is 39.9. The highest BCUT2D eigenvalue weighted by Crippen LogP contribution is 2.44. The van der Waals surface area contributed by atoms with Crippen LogP contribution in [0.1, 0.15) is 13.8 Å². The minimum Gasteiger partial charge on any atom is -0.0935 e. The van der Waals surface area contributed by atoms with E-state index in [1.165, 1.54) is 23.0 Å². The largest absolute Gasteiger partial charge is 0.0935 e. The molecule has 0 aliphatic carbocycles. The van der Waals surface area contributed by atoms with Crippen molar-refractivity contribution in [2.24, 2.45) is 11.8 Å². The van der Waals surface area contributed by atoms with Gasteiger partial charge in [-0.05, 0) is 18.8 Å². The molecule has 0 aromatic rings. The lowest BCUT2D eigenvalue weighted by Gasteiger charge is -2.32. The van der Waals surface area contributed by atoms with Crippen LogP contribution in [0, 0.1) is 11.8 Å². The SMILES string of the molecule is C/C1=C2\CSSCC2C(C)CSSC1. The molecule has 14 heavy (non-hydrogen) atoms. The average Bonchev–Trinajstić information content (AvgIpc) is 2.22. The smallest absolute Gasteiger partial charge is 0.0253 e. The van der Waals surface area contributed by atoms with Crippen LogP contribution in [0.3, 0.4) is 0 Å². The third-order valence-corrected chi connectivity index (χ3v) is 7.91. The van der Waals surface area contributed by atoms with Crippen molar-refractivity contribution in [3.8, 4) is 0 Å². The molecule has 1 fully saturated rings. The molecule has 0 saturated carbocycles. The van der Waals surface area contributed by atoms with Crippen molar-refractivity contribution in [3.63, 3.8) is 0 Å². The number of hydrogen-bond donors (Lipinski definition) is 0. The summed E-state index contributed by atoms with van der Waals surface area (Å²) in [6.07, 6.45) is 0. The molecule has 4 heteroatoms. The van der Waals surface area contributed by atoms with Crippen molar-refractivity contribution in [3.05, 3.63) is 11.1 Å². The van der Waals surface area contributed by atoms with Crippen molar-refractivity contribution in [1.82, 2.24) is 0 Å². The van der Waals surface area contributed by atoms with E-state index in [0.29, 0.717) is 0 Å². The van der Waals surface area contributed by atoms with Crippen molar-refractivity contribution >= 4 is 43.2 Å². The first-order chi connectivity index (χ1) is 6.79. The first kappa shape index (κ1) is 11.6. The first-order valence-electron chi connectivity index (χ1n) is 4.96. The summed E-state index contributed by atoms with van der Waals surface area (Å²) >= 11 is 0. The van der Waals surface area contributed by atoms with Gasteiger partial charge in [-0.3, -0.25) is 0 Å². The molecule has 0 amide bonds. The van der Waals surface area contributed by atoms with E-state index in [1.807, 2.05) is 21.6 Å². The topological polar surface area (TPSA) is 0 Å². The highest BCUT2D eigenvalue weighted by atomic mass is 33.1. The van der Waals surface area contributed by atoms with Crippen molar-refractivity contribution in [1.29, 1.82) is 0 Å².